The average molecular weight is 256 g/mol. The van der Waals surface area contributed by atoms with Crippen LogP contribution in [0.1, 0.15) is 30.9 Å². The van der Waals surface area contributed by atoms with E-state index in [1.54, 1.807) is 6.07 Å². The molecule has 0 aromatic heterocycles. The Kier molecular flexibility index (Phi) is 4.40. The van der Waals surface area contributed by atoms with E-state index < -0.39 is 10.0 Å². The standard InChI is InChI=1S/C12H20N2O2S/c1-4-5-8-17(15,16)14-11-7-6-9(2)12(13)10(11)3/h6-7,14H,4-5,8,13H2,1-3H3. The highest BCUT2D eigenvalue weighted by atomic mass is 32.2. The average Bonchev–Trinajstić information content (AvgIpc) is 2.27. The minimum absolute atomic E-state index is 0.150. The van der Waals surface area contributed by atoms with E-state index in [0.29, 0.717) is 17.8 Å². The summed E-state index contributed by atoms with van der Waals surface area (Å²) in [7, 11) is -3.25. The lowest BCUT2D eigenvalue weighted by atomic mass is 10.1. The van der Waals surface area contributed by atoms with Crippen LogP contribution in [0.15, 0.2) is 12.1 Å². The molecule has 1 rings (SSSR count). The number of nitrogen functional groups attached to an aromatic ring is 1. The monoisotopic (exact) mass is 256 g/mol. The quantitative estimate of drug-likeness (QED) is 0.795. The molecule has 0 saturated carbocycles. The number of benzene rings is 1. The topological polar surface area (TPSA) is 72.2 Å². The van der Waals surface area contributed by atoms with E-state index in [4.69, 9.17) is 5.73 Å². The molecular formula is C12H20N2O2S. The first-order valence-electron chi connectivity index (χ1n) is 5.73. The van der Waals surface area contributed by atoms with Gasteiger partial charge in [-0.25, -0.2) is 8.42 Å². The van der Waals surface area contributed by atoms with Crippen LogP contribution in [0.3, 0.4) is 0 Å². The van der Waals surface area contributed by atoms with E-state index in [1.807, 2.05) is 26.8 Å². The fourth-order valence-electron chi connectivity index (χ4n) is 1.53. The van der Waals surface area contributed by atoms with Crippen LogP contribution in [0.5, 0.6) is 0 Å². The predicted octanol–water partition coefficient (Wildman–Crippen LogP) is 2.43. The summed E-state index contributed by atoms with van der Waals surface area (Å²) in [5.74, 6) is 0.150. The van der Waals surface area contributed by atoms with Gasteiger partial charge in [0.2, 0.25) is 10.0 Å². The fourth-order valence-corrected chi connectivity index (χ4v) is 2.85. The van der Waals surface area contributed by atoms with Gasteiger partial charge in [0.25, 0.3) is 0 Å². The number of sulfonamides is 1. The predicted molar refractivity (Wildman–Crippen MR) is 72.6 cm³/mol. The molecule has 1 aromatic rings. The SMILES string of the molecule is CCCCS(=O)(=O)Nc1ccc(C)c(N)c1C. The molecule has 4 nitrogen and oxygen atoms in total. The molecule has 0 amide bonds. The van der Waals surface area contributed by atoms with Crippen molar-refractivity contribution in [1.29, 1.82) is 0 Å². The van der Waals surface area contributed by atoms with Gasteiger partial charge in [-0.15, -0.1) is 0 Å². The van der Waals surface area contributed by atoms with Crippen molar-refractivity contribution in [2.75, 3.05) is 16.2 Å². The van der Waals surface area contributed by atoms with Gasteiger partial charge in [0, 0.05) is 5.69 Å². The van der Waals surface area contributed by atoms with Crippen LogP contribution in [0.25, 0.3) is 0 Å². The molecule has 0 heterocycles. The lowest BCUT2D eigenvalue weighted by molar-refractivity contribution is 0.598. The smallest absolute Gasteiger partial charge is 0.232 e. The third-order valence-electron chi connectivity index (χ3n) is 2.76. The molecule has 0 radical (unpaired) electrons. The van der Waals surface area contributed by atoms with Crippen molar-refractivity contribution in [3.05, 3.63) is 23.3 Å². The van der Waals surface area contributed by atoms with Crippen molar-refractivity contribution in [3.63, 3.8) is 0 Å². The summed E-state index contributed by atoms with van der Waals surface area (Å²) in [6.07, 6.45) is 1.52. The van der Waals surface area contributed by atoms with Crippen molar-refractivity contribution in [2.24, 2.45) is 0 Å². The Balaban J connectivity index is 2.93. The van der Waals surface area contributed by atoms with Crippen molar-refractivity contribution in [3.8, 4) is 0 Å². The minimum atomic E-state index is -3.25. The van der Waals surface area contributed by atoms with Gasteiger partial charge in [-0.1, -0.05) is 19.4 Å². The van der Waals surface area contributed by atoms with Gasteiger partial charge in [-0.05, 0) is 37.5 Å². The molecule has 0 aliphatic rings. The van der Waals surface area contributed by atoms with Gasteiger partial charge in [-0.2, -0.15) is 0 Å². The van der Waals surface area contributed by atoms with Crippen molar-refractivity contribution >= 4 is 21.4 Å². The minimum Gasteiger partial charge on any atom is -0.398 e. The highest BCUT2D eigenvalue weighted by Gasteiger charge is 2.12. The number of nitrogens with two attached hydrogens (primary N) is 1. The van der Waals surface area contributed by atoms with Crippen molar-refractivity contribution in [2.45, 2.75) is 33.6 Å². The second-order valence-electron chi connectivity index (χ2n) is 4.24. The van der Waals surface area contributed by atoms with E-state index in [0.717, 1.165) is 17.5 Å². The van der Waals surface area contributed by atoms with Gasteiger partial charge >= 0.3 is 0 Å². The maximum Gasteiger partial charge on any atom is 0.232 e. The summed E-state index contributed by atoms with van der Waals surface area (Å²) < 4.78 is 26.1. The molecule has 0 atom stereocenters. The fraction of sp³-hybridized carbons (Fsp3) is 0.500. The van der Waals surface area contributed by atoms with Crippen LogP contribution < -0.4 is 10.5 Å². The first-order chi connectivity index (χ1) is 7.87. The van der Waals surface area contributed by atoms with Gasteiger partial charge in [0.1, 0.15) is 0 Å². The van der Waals surface area contributed by atoms with E-state index in [9.17, 15) is 8.42 Å². The van der Waals surface area contributed by atoms with Crippen LogP contribution >= 0.6 is 0 Å². The second-order valence-corrected chi connectivity index (χ2v) is 6.09. The number of hydrogen-bond donors (Lipinski definition) is 2. The Morgan fingerprint density at radius 1 is 1.29 bits per heavy atom. The molecule has 0 bridgehead atoms. The van der Waals surface area contributed by atoms with Gasteiger partial charge in [-0.3, -0.25) is 4.72 Å². The van der Waals surface area contributed by atoms with Gasteiger partial charge in [0.05, 0.1) is 11.4 Å². The molecule has 17 heavy (non-hydrogen) atoms. The van der Waals surface area contributed by atoms with E-state index >= 15 is 0 Å². The molecule has 0 aliphatic heterocycles. The largest absolute Gasteiger partial charge is 0.398 e. The summed E-state index contributed by atoms with van der Waals surface area (Å²) >= 11 is 0. The molecule has 3 N–H and O–H groups in total. The highest BCUT2D eigenvalue weighted by Crippen LogP contribution is 2.25. The van der Waals surface area contributed by atoms with Crippen molar-refractivity contribution in [1.82, 2.24) is 0 Å². The summed E-state index contributed by atoms with van der Waals surface area (Å²) in [5, 5.41) is 0. The van der Waals surface area contributed by atoms with E-state index in [-0.39, 0.29) is 5.75 Å². The summed E-state index contributed by atoms with van der Waals surface area (Å²) in [6, 6.07) is 3.57. The summed E-state index contributed by atoms with van der Waals surface area (Å²) in [6.45, 7) is 5.68. The third kappa shape index (κ3) is 3.63. The number of unbranched alkanes of at least 4 members (excludes halogenated alkanes) is 1. The first kappa shape index (κ1) is 13.8. The highest BCUT2D eigenvalue weighted by molar-refractivity contribution is 7.92. The molecule has 0 unspecified atom stereocenters. The molecule has 0 spiro atoms. The number of rotatable bonds is 5. The van der Waals surface area contributed by atoms with Crippen LogP contribution in [-0.2, 0) is 10.0 Å². The Hall–Kier alpha value is -1.23. The lowest BCUT2D eigenvalue weighted by Gasteiger charge is -2.13. The normalized spacial score (nSPS) is 11.5. The maximum atomic E-state index is 11.8. The Labute approximate surface area is 103 Å². The zero-order valence-corrected chi connectivity index (χ0v) is 11.4. The number of nitrogens with one attached hydrogen (secondary N) is 1. The van der Waals surface area contributed by atoms with Crippen LogP contribution in [0.4, 0.5) is 11.4 Å². The molecule has 96 valence electrons. The van der Waals surface area contributed by atoms with E-state index in [2.05, 4.69) is 4.72 Å². The molecule has 1 aromatic carbocycles. The second kappa shape index (κ2) is 5.40. The molecule has 0 fully saturated rings. The maximum absolute atomic E-state index is 11.8. The lowest BCUT2D eigenvalue weighted by Crippen LogP contribution is -2.17. The third-order valence-corrected chi connectivity index (χ3v) is 4.12. The number of hydrogen-bond acceptors (Lipinski definition) is 3. The molecule has 0 saturated heterocycles. The first-order valence-corrected chi connectivity index (χ1v) is 7.38. The molecule has 5 heteroatoms. The van der Waals surface area contributed by atoms with Crippen LogP contribution in [0, 0.1) is 13.8 Å². The summed E-state index contributed by atoms with van der Waals surface area (Å²) in [5.41, 5.74) is 8.82. The van der Waals surface area contributed by atoms with Crippen LogP contribution in [-0.4, -0.2) is 14.2 Å². The molecule has 0 aliphatic carbocycles. The van der Waals surface area contributed by atoms with Crippen LogP contribution in [0.2, 0.25) is 0 Å². The van der Waals surface area contributed by atoms with E-state index in [1.165, 1.54) is 0 Å². The number of anilines is 2. The van der Waals surface area contributed by atoms with Gasteiger partial charge < -0.3 is 5.73 Å². The Morgan fingerprint density at radius 2 is 1.94 bits per heavy atom. The number of aryl methyl sites for hydroxylation is 1. The zero-order chi connectivity index (χ0) is 13.1. The zero-order valence-electron chi connectivity index (χ0n) is 10.6. The Bertz CT molecular complexity index is 495. The van der Waals surface area contributed by atoms with Gasteiger partial charge in [0.15, 0.2) is 0 Å². The molecular weight excluding hydrogens is 236 g/mol. The summed E-state index contributed by atoms with van der Waals surface area (Å²) in [4.78, 5) is 0. The Morgan fingerprint density at radius 3 is 2.53 bits per heavy atom. The van der Waals surface area contributed by atoms with Crippen molar-refractivity contribution < 1.29 is 8.42 Å².